The molecule has 0 aromatic heterocycles. The minimum atomic E-state index is -0.438. The summed E-state index contributed by atoms with van der Waals surface area (Å²) in [6.07, 6.45) is 0. The summed E-state index contributed by atoms with van der Waals surface area (Å²) in [7, 11) is 4.42. The van der Waals surface area contributed by atoms with E-state index in [0.717, 1.165) is 0 Å². The van der Waals surface area contributed by atoms with Crippen LogP contribution in [0.3, 0.4) is 0 Å². The third kappa shape index (κ3) is 4.95. The molecule has 8 heteroatoms. The summed E-state index contributed by atoms with van der Waals surface area (Å²) in [4.78, 5) is 23.8. The predicted octanol–water partition coefficient (Wildman–Crippen LogP) is 3.04. The van der Waals surface area contributed by atoms with Crippen LogP contribution in [0.15, 0.2) is 36.4 Å². The van der Waals surface area contributed by atoms with E-state index < -0.39 is 5.91 Å². The molecule has 0 bridgehead atoms. The Morgan fingerprint density at radius 1 is 0.889 bits per heavy atom. The Bertz CT molecular complexity index is 840. The lowest BCUT2D eigenvalue weighted by Crippen LogP contribution is -2.34. The van der Waals surface area contributed by atoms with Crippen molar-refractivity contribution in [3.8, 4) is 17.2 Å². The second kappa shape index (κ2) is 9.00. The van der Waals surface area contributed by atoms with Crippen molar-refractivity contribution >= 4 is 34.7 Å². The first-order valence-corrected chi connectivity index (χ1v) is 8.33. The van der Waals surface area contributed by atoms with Crippen molar-refractivity contribution in [2.45, 2.75) is 6.92 Å². The van der Waals surface area contributed by atoms with Crippen molar-refractivity contribution < 1.29 is 23.8 Å². The molecule has 142 valence electrons. The van der Waals surface area contributed by atoms with Crippen LogP contribution in [0.1, 0.15) is 27.6 Å². The Kier molecular flexibility index (Phi) is 6.73. The molecule has 0 atom stereocenters. The van der Waals surface area contributed by atoms with Crippen LogP contribution < -0.4 is 24.8 Å². The molecule has 2 N–H and O–H groups in total. The van der Waals surface area contributed by atoms with Gasteiger partial charge in [0, 0.05) is 16.8 Å². The predicted molar refractivity (Wildman–Crippen MR) is 106 cm³/mol. The second-order valence-corrected chi connectivity index (χ2v) is 5.86. The van der Waals surface area contributed by atoms with Crippen molar-refractivity contribution in [1.82, 2.24) is 5.32 Å². The van der Waals surface area contributed by atoms with Gasteiger partial charge in [-0.1, -0.05) is 0 Å². The summed E-state index contributed by atoms with van der Waals surface area (Å²) < 4.78 is 15.7. The van der Waals surface area contributed by atoms with Gasteiger partial charge < -0.3 is 19.5 Å². The van der Waals surface area contributed by atoms with E-state index in [1.807, 2.05) is 0 Å². The number of ketones is 1. The smallest absolute Gasteiger partial charge is 0.257 e. The zero-order valence-electron chi connectivity index (χ0n) is 15.4. The molecule has 2 aromatic carbocycles. The monoisotopic (exact) mass is 388 g/mol. The maximum atomic E-state index is 12.5. The highest BCUT2D eigenvalue weighted by atomic mass is 32.1. The molecule has 0 unspecified atom stereocenters. The average molecular weight is 388 g/mol. The second-order valence-electron chi connectivity index (χ2n) is 5.46. The van der Waals surface area contributed by atoms with Gasteiger partial charge in [-0.05, 0) is 55.5 Å². The molecule has 0 fully saturated rings. The molecule has 0 aliphatic rings. The molecular weight excluding hydrogens is 368 g/mol. The van der Waals surface area contributed by atoms with Crippen molar-refractivity contribution in [2.24, 2.45) is 0 Å². The molecule has 0 spiro atoms. The minimum Gasteiger partial charge on any atom is -0.493 e. The van der Waals surface area contributed by atoms with Crippen molar-refractivity contribution in [1.29, 1.82) is 0 Å². The van der Waals surface area contributed by atoms with Gasteiger partial charge in [-0.25, -0.2) is 0 Å². The van der Waals surface area contributed by atoms with E-state index in [1.165, 1.54) is 40.4 Å². The number of carbonyl (C=O) groups is 2. The molecule has 2 aromatic rings. The molecule has 0 saturated heterocycles. The first-order chi connectivity index (χ1) is 12.9. The van der Waals surface area contributed by atoms with Crippen LogP contribution in [0.2, 0.25) is 0 Å². The molecule has 0 radical (unpaired) electrons. The van der Waals surface area contributed by atoms with Gasteiger partial charge in [-0.15, -0.1) is 0 Å². The van der Waals surface area contributed by atoms with Crippen LogP contribution in [0.25, 0.3) is 0 Å². The number of Topliss-reactive ketones (excluding diaryl/α,β-unsaturated/α-hetero) is 1. The van der Waals surface area contributed by atoms with Gasteiger partial charge in [0.25, 0.3) is 5.91 Å². The molecule has 7 nitrogen and oxygen atoms in total. The molecule has 2 rings (SSSR count). The Morgan fingerprint density at radius 2 is 1.44 bits per heavy atom. The van der Waals surface area contributed by atoms with Gasteiger partial charge in [0.1, 0.15) is 0 Å². The van der Waals surface area contributed by atoms with E-state index >= 15 is 0 Å². The molecule has 0 aliphatic heterocycles. The first-order valence-electron chi connectivity index (χ1n) is 7.93. The summed E-state index contributed by atoms with van der Waals surface area (Å²) in [5.74, 6) is 0.649. The van der Waals surface area contributed by atoms with Crippen LogP contribution in [0.5, 0.6) is 17.2 Å². The summed E-state index contributed by atoms with van der Waals surface area (Å²) in [5.41, 5.74) is 1.53. The van der Waals surface area contributed by atoms with Gasteiger partial charge in [0.05, 0.1) is 21.3 Å². The van der Waals surface area contributed by atoms with Gasteiger partial charge in [0.15, 0.2) is 22.4 Å². The van der Waals surface area contributed by atoms with Crippen LogP contribution in [0, 0.1) is 0 Å². The third-order valence-electron chi connectivity index (χ3n) is 3.70. The van der Waals surface area contributed by atoms with Crippen molar-refractivity contribution in [3.63, 3.8) is 0 Å². The van der Waals surface area contributed by atoms with Gasteiger partial charge in [-0.2, -0.15) is 0 Å². The number of carbonyl (C=O) groups excluding carboxylic acids is 2. The van der Waals surface area contributed by atoms with Crippen LogP contribution in [-0.2, 0) is 0 Å². The molecule has 0 saturated carbocycles. The zero-order valence-corrected chi connectivity index (χ0v) is 16.2. The van der Waals surface area contributed by atoms with E-state index in [4.69, 9.17) is 26.4 Å². The molecular formula is C19H20N2O5S. The Morgan fingerprint density at radius 3 is 1.89 bits per heavy atom. The minimum absolute atomic E-state index is 0.0279. The average Bonchev–Trinajstić information content (AvgIpc) is 2.66. The maximum absolute atomic E-state index is 12.5. The number of thiocarbonyl (C=S) groups is 1. The van der Waals surface area contributed by atoms with Gasteiger partial charge in [0.2, 0.25) is 5.75 Å². The van der Waals surface area contributed by atoms with Crippen molar-refractivity contribution in [2.75, 3.05) is 26.6 Å². The standard InChI is InChI=1S/C19H20N2O5S/c1-11(22)12-5-7-14(8-6-12)20-19(27)21-18(23)13-9-15(24-2)17(26-4)16(10-13)25-3/h5-10H,1-4H3,(H2,20,21,23,27). The lowest BCUT2D eigenvalue weighted by Gasteiger charge is -2.14. The molecule has 1 amide bonds. The lowest BCUT2D eigenvalue weighted by atomic mass is 10.1. The Balaban J connectivity index is 2.12. The van der Waals surface area contributed by atoms with E-state index in [0.29, 0.717) is 34.1 Å². The van der Waals surface area contributed by atoms with E-state index in [1.54, 1.807) is 24.3 Å². The number of rotatable bonds is 6. The molecule has 0 aliphatic carbocycles. The quantitative estimate of drug-likeness (QED) is 0.581. The number of amides is 1. The number of hydrogen-bond donors (Lipinski definition) is 2. The number of hydrogen-bond acceptors (Lipinski definition) is 6. The fraction of sp³-hybridized carbons (Fsp3) is 0.211. The normalized spacial score (nSPS) is 9.93. The highest BCUT2D eigenvalue weighted by molar-refractivity contribution is 7.80. The van der Waals surface area contributed by atoms with Crippen LogP contribution in [0.4, 0.5) is 5.69 Å². The Labute approximate surface area is 162 Å². The fourth-order valence-electron chi connectivity index (χ4n) is 2.34. The Hall–Kier alpha value is -3.13. The molecule has 0 heterocycles. The van der Waals surface area contributed by atoms with Gasteiger partial charge >= 0.3 is 0 Å². The van der Waals surface area contributed by atoms with E-state index in [-0.39, 0.29) is 10.9 Å². The summed E-state index contributed by atoms with van der Waals surface area (Å²) in [5, 5.41) is 5.59. The lowest BCUT2D eigenvalue weighted by molar-refractivity contribution is 0.0975. The van der Waals surface area contributed by atoms with E-state index in [9.17, 15) is 9.59 Å². The zero-order chi connectivity index (χ0) is 20.0. The number of nitrogens with one attached hydrogen (secondary N) is 2. The van der Waals surface area contributed by atoms with Crippen LogP contribution >= 0.6 is 12.2 Å². The highest BCUT2D eigenvalue weighted by Gasteiger charge is 2.17. The highest BCUT2D eigenvalue weighted by Crippen LogP contribution is 2.38. The SMILES string of the molecule is COc1cc(C(=O)NC(=S)Nc2ccc(C(C)=O)cc2)cc(OC)c1OC. The number of methoxy groups -OCH3 is 3. The maximum Gasteiger partial charge on any atom is 0.257 e. The number of anilines is 1. The largest absolute Gasteiger partial charge is 0.493 e. The summed E-state index contributed by atoms with van der Waals surface area (Å²) in [6.45, 7) is 1.49. The van der Waals surface area contributed by atoms with Crippen molar-refractivity contribution in [3.05, 3.63) is 47.5 Å². The summed E-state index contributed by atoms with van der Waals surface area (Å²) >= 11 is 5.17. The molecule has 27 heavy (non-hydrogen) atoms. The third-order valence-corrected chi connectivity index (χ3v) is 3.91. The van der Waals surface area contributed by atoms with E-state index in [2.05, 4.69) is 10.6 Å². The topological polar surface area (TPSA) is 85.9 Å². The summed E-state index contributed by atoms with van der Waals surface area (Å²) in [6, 6.07) is 9.81. The number of benzene rings is 2. The first kappa shape index (κ1) is 20.2. The fourth-order valence-corrected chi connectivity index (χ4v) is 2.55. The van der Waals surface area contributed by atoms with Crippen LogP contribution in [-0.4, -0.2) is 38.1 Å². The number of ether oxygens (including phenoxy) is 3. The van der Waals surface area contributed by atoms with Gasteiger partial charge in [-0.3, -0.25) is 14.9 Å².